The number of allylic oxidation sites excluding steroid dienone is 2. The lowest BCUT2D eigenvalue weighted by molar-refractivity contribution is -0.122. The fraction of sp³-hybridized carbons (Fsp3) is 0.490. The third-order valence-corrected chi connectivity index (χ3v) is 15.6. The van der Waals surface area contributed by atoms with Crippen LogP contribution in [-0.2, 0) is 5.41 Å². The molecule has 55 heavy (non-hydrogen) atoms. The Bertz CT molecular complexity index is 1920. The molecule has 4 nitrogen and oxygen atoms in total. The van der Waals surface area contributed by atoms with Crippen molar-refractivity contribution in [3.8, 4) is 23.0 Å². The fourth-order valence-corrected chi connectivity index (χ4v) is 12.9. The van der Waals surface area contributed by atoms with Crippen LogP contribution in [0.4, 0.5) is 11.4 Å². The van der Waals surface area contributed by atoms with Crippen LogP contribution < -0.4 is 20.9 Å². The molecular formula is C51H64N2O2. The molecule has 4 aromatic rings. The summed E-state index contributed by atoms with van der Waals surface area (Å²) in [6.45, 7) is 12.5. The predicted octanol–water partition coefficient (Wildman–Crippen LogP) is 13.8. The highest BCUT2D eigenvalue weighted by atomic mass is 16.5. The van der Waals surface area contributed by atoms with E-state index in [9.17, 15) is 0 Å². The van der Waals surface area contributed by atoms with Crippen LogP contribution in [0.1, 0.15) is 116 Å². The van der Waals surface area contributed by atoms with E-state index in [4.69, 9.17) is 20.9 Å². The van der Waals surface area contributed by atoms with Crippen LogP contribution in [0.2, 0.25) is 0 Å². The van der Waals surface area contributed by atoms with Crippen molar-refractivity contribution in [3.63, 3.8) is 0 Å². The summed E-state index contributed by atoms with van der Waals surface area (Å²) in [5, 5.41) is 0. The van der Waals surface area contributed by atoms with Gasteiger partial charge in [0.2, 0.25) is 0 Å². The number of nitrogens with two attached hydrogens (primary N) is 2. The molecule has 4 aromatic carbocycles. The van der Waals surface area contributed by atoms with Crippen LogP contribution in [0.5, 0.6) is 23.0 Å². The van der Waals surface area contributed by atoms with Crippen LogP contribution in [0.15, 0.2) is 109 Å². The molecule has 4 fully saturated rings. The number of fused-ring (bicyclic) bond motifs is 5. The van der Waals surface area contributed by atoms with Gasteiger partial charge >= 0.3 is 0 Å². The standard InChI is InChI=1S/C51H64N2O2/c1-34(2)11-6-12-35(3)46-23-24-47-45-22-21-38-33-51(28-27-49(38,4)48(45)25-26-50(46,47)5,36-13-7-17-41(29-36)54-43-19-9-15-39(52)31-43)37-14-8-18-42(30-37)55-44-20-10-16-40(53)32-44/h7-11,13-20,29-32,35,38,45-48H,6,12,21-28,33,52-53H2,1-5H3. The van der Waals surface area contributed by atoms with E-state index in [0.29, 0.717) is 28.1 Å². The van der Waals surface area contributed by atoms with Crippen molar-refractivity contribution in [2.45, 2.75) is 111 Å². The van der Waals surface area contributed by atoms with Crippen LogP contribution in [-0.4, -0.2) is 0 Å². The Morgan fingerprint density at radius 1 is 0.673 bits per heavy atom. The van der Waals surface area contributed by atoms with Crippen molar-refractivity contribution in [3.05, 3.63) is 120 Å². The maximum Gasteiger partial charge on any atom is 0.129 e. The molecular weight excluding hydrogens is 673 g/mol. The third-order valence-electron chi connectivity index (χ3n) is 15.6. The fourth-order valence-electron chi connectivity index (χ4n) is 12.9. The van der Waals surface area contributed by atoms with Gasteiger partial charge in [0, 0.05) is 28.9 Å². The van der Waals surface area contributed by atoms with E-state index in [1.165, 1.54) is 74.5 Å². The average molecular weight is 737 g/mol. The lowest BCUT2D eigenvalue weighted by Gasteiger charge is -2.63. The van der Waals surface area contributed by atoms with Crippen LogP contribution in [0.3, 0.4) is 0 Å². The molecule has 0 radical (unpaired) electrons. The second-order valence-corrected chi connectivity index (χ2v) is 18.9. The van der Waals surface area contributed by atoms with Gasteiger partial charge in [0.25, 0.3) is 0 Å². The molecule has 0 heterocycles. The van der Waals surface area contributed by atoms with E-state index < -0.39 is 0 Å². The van der Waals surface area contributed by atoms with Gasteiger partial charge in [-0.25, -0.2) is 0 Å². The summed E-state index contributed by atoms with van der Waals surface area (Å²) in [7, 11) is 0. The molecule has 0 saturated heterocycles. The summed E-state index contributed by atoms with van der Waals surface area (Å²) in [6.07, 6.45) is 16.9. The lowest BCUT2D eigenvalue weighted by atomic mass is 9.42. The minimum Gasteiger partial charge on any atom is -0.457 e. The molecule has 0 bridgehead atoms. The van der Waals surface area contributed by atoms with Crippen molar-refractivity contribution in [2.24, 2.45) is 46.3 Å². The molecule has 4 heteroatoms. The van der Waals surface area contributed by atoms with Crippen LogP contribution >= 0.6 is 0 Å². The van der Waals surface area contributed by atoms with Crippen LogP contribution in [0.25, 0.3) is 0 Å². The number of ether oxygens (including phenoxy) is 2. The Balaban J connectivity index is 1.09. The largest absolute Gasteiger partial charge is 0.457 e. The maximum atomic E-state index is 6.47. The Kier molecular flexibility index (Phi) is 10.3. The predicted molar refractivity (Wildman–Crippen MR) is 229 cm³/mol. The van der Waals surface area contributed by atoms with Gasteiger partial charge in [-0.1, -0.05) is 68.8 Å². The molecule has 4 N–H and O–H groups in total. The second kappa shape index (κ2) is 15.1. The minimum absolute atomic E-state index is 0.163. The zero-order chi connectivity index (χ0) is 38.4. The molecule has 0 aromatic heterocycles. The number of hydrogen-bond acceptors (Lipinski definition) is 4. The first kappa shape index (κ1) is 37.7. The lowest BCUT2D eigenvalue weighted by Crippen LogP contribution is -2.55. The molecule has 4 aliphatic rings. The van der Waals surface area contributed by atoms with E-state index in [1.54, 1.807) is 0 Å². The zero-order valence-electron chi connectivity index (χ0n) is 34.0. The third kappa shape index (κ3) is 7.20. The average Bonchev–Trinajstić information content (AvgIpc) is 3.52. The van der Waals surface area contributed by atoms with Gasteiger partial charge in [0.05, 0.1) is 0 Å². The zero-order valence-corrected chi connectivity index (χ0v) is 34.0. The van der Waals surface area contributed by atoms with Gasteiger partial charge in [-0.15, -0.1) is 0 Å². The van der Waals surface area contributed by atoms with Gasteiger partial charge < -0.3 is 20.9 Å². The Morgan fingerprint density at radius 3 is 1.82 bits per heavy atom. The quantitative estimate of drug-likeness (QED) is 0.126. The van der Waals surface area contributed by atoms with Gasteiger partial charge in [-0.3, -0.25) is 0 Å². The van der Waals surface area contributed by atoms with Gasteiger partial charge in [-0.05, 0) is 190 Å². The van der Waals surface area contributed by atoms with E-state index in [0.717, 1.165) is 65.4 Å². The monoisotopic (exact) mass is 736 g/mol. The van der Waals surface area contributed by atoms with Gasteiger partial charge in [0.1, 0.15) is 23.0 Å². The number of hydrogen-bond donors (Lipinski definition) is 2. The van der Waals surface area contributed by atoms with E-state index in [2.05, 4.69) is 89.2 Å². The van der Waals surface area contributed by atoms with Crippen molar-refractivity contribution >= 4 is 11.4 Å². The van der Waals surface area contributed by atoms with Crippen molar-refractivity contribution in [1.82, 2.24) is 0 Å². The number of rotatable bonds is 10. The SMILES string of the molecule is CC(C)=CCCC(C)C1CCC2C3CCC4CC(c5cccc(Oc6cccc(N)c6)c5)(c5cccc(Oc6cccc(N)c6)c5)CCC4(C)C3CCC12C. The summed E-state index contributed by atoms with van der Waals surface area (Å²) in [4.78, 5) is 0. The van der Waals surface area contributed by atoms with Gasteiger partial charge in [0.15, 0.2) is 0 Å². The first-order chi connectivity index (χ1) is 26.5. The van der Waals surface area contributed by atoms with E-state index >= 15 is 0 Å². The van der Waals surface area contributed by atoms with E-state index in [1.807, 2.05) is 48.5 Å². The first-order valence-corrected chi connectivity index (χ1v) is 21.4. The molecule has 8 atom stereocenters. The molecule has 290 valence electrons. The maximum absolute atomic E-state index is 6.47. The minimum atomic E-state index is -0.163. The van der Waals surface area contributed by atoms with Crippen molar-refractivity contribution < 1.29 is 9.47 Å². The molecule has 4 saturated carbocycles. The highest BCUT2D eigenvalue weighted by molar-refractivity contribution is 5.50. The Hall–Kier alpha value is -4.18. The van der Waals surface area contributed by atoms with Crippen LogP contribution in [0, 0.1) is 46.3 Å². The summed E-state index contributed by atoms with van der Waals surface area (Å²) in [5.41, 5.74) is 18.5. The summed E-state index contributed by atoms with van der Waals surface area (Å²) in [5.74, 6) is 8.13. The summed E-state index contributed by atoms with van der Waals surface area (Å²) < 4.78 is 12.9. The first-order valence-electron chi connectivity index (χ1n) is 21.4. The Labute approximate surface area is 331 Å². The topological polar surface area (TPSA) is 70.5 Å². The normalized spacial score (nSPS) is 29.9. The second-order valence-electron chi connectivity index (χ2n) is 18.9. The molecule has 0 spiro atoms. The summed E-state index contributed by atoms with van der Waals surface area (Å²) in [6, 6.07) is 33.2. The molecule has 8 rings (SSSR count). The molecule has 0 aliphatic heterocycles. The highest BCUT2D eigenvalue weighted by Gasteiger charge is 2.62. The van der Waals surface area contributed by atoms with Gasteiger partial charge in [-0.2, -0.15) is 0 Å². The number of benzene rings is 4. The molecule has 8 unspecified atom stereocenters. The number of anilines is 2. The van der Waals surface area contributed by atoms with E-state index in [-0.39, 0.29) is 5.41 Å². The molecule has 0 amide bonds. The van der Waals surface area contributed by atoms with Crippen molar-refractivity contribution in [2.75, 3.05) is 11.5 Å². The summed E-state index contributed by atoms with van der Waals surface area (Å²) >= 11 is 0. The Morgan fingerprint density at radius 2 is 1.24 bits per heavy atom. The van der Waals surface area contributed by atoms with Crippen molar-refractivity contribution in [1.29, 1.82) is 0 Å². The highest BCUT2D eigenvalue weighted by Crippen LogP contribution is 2.70. The molecule has 4 aliphatic carbocycles. The number of nitrogen functional groups attached to an aromatic ring is 2. The smallest absolute Gasteiger partial charge is 0.129 e.